The van der Waals surface area contributed by atoms with Crippen LogP contribution in [0.25, 0.3) is 0 Å². The first kappa shape index (κ1) is 20.4. The number of carbonyl (C=O) groups excluding carboxylic acids is 1. The van der Waals surface area contributed by atoms with Crippen LogP contribution in [0, 0.1) is 0 Å². The lowest BCUT2D eigenvalue weighted by Crippen LogP contribution is -2.44. The number of carbonyl (C=O) groups is 2. The molecule has 0 bridgehead atoms. The molecule has 0 fully saturated rings. The van der Waals surface area contributed by atoms with Crippen LogP contribution in [0.2, 0.25) is 0 Å². The van der Waals surface area contributed by atoms with Crippen molar-refractivity contribution in [2.24, 2.45) is 0 Å². The van der Waals surface area contributed by atoms with Gasteiger partial charge in [-0.05, 0) is 38.5 Å². The molecule has 8 heteroatoms. The highest BCUT2D eigenvalue weighted by molar-refractivity contribution is 5.80. The molecule has 0 aliphatic carbocycles. The molecule has 0 aromatic heterocycles. The highest BCUT2D eigenvalue weighted by Gasteiger charge is 2.25. The minimum absolute atomic E-state index is 0.0191. The van der Waals surface area contributed by atoms with Crippen LogP contribution in [0.1, 0.15) is 26.3 Å². The second kappa shape index (κ2) is 8.46. The number of carboxylic acid groups (broad SMARTS) is 1. The van der Waals surface area contributed by atoms with Gasteiger partial charge in [-0.25, -0.2) is 9.59 Å². The molecule has 0 heterocycles. The molecule has 1 aromatic carbocycles. The van der Waals surface area contributed by atoms with Gasteiger partial charge in [0.05, 0.1) is 21.3 Å². The second-order valence-corrected chi connectivity index (χ2v) is 6.27. The van der Waals surface area contributed by atoms with Crippen LogP contribution >= 0.6 is 0 Å². The van der Waals surface area contributed by atoms with E-state index in [-0.39, 0.29) is 6.42 Å². The van der Waals surface area contributed by atoms with Crippen LogP contribution in [0.3, 0.4) is 0 Å². The maximum absolute atomic E-state index is 11.8. The monoisotopic (exact) mass is 355 g/mol. The second-order valence-electron chi connectivity index (χ2n) is 6.27. The molecule has 25 heavy (non-hydrogen) atoms. The van der Waals surface area contributed by atoms with Crippen molar-refractivity contribution in [1.29, 1.82) is 0 Å². The molecule has 140 valence electrons. The van der Waals surface area contributed by atoms with Crippen LogP contribution in [-0.4, -0.2) is 50.1 Å². The van der Waals surface area contributed by atoms with E-state index in [1.54, 1.807) is 32.9 Å². The van der Waals surface area contributed by atoms with Crippen molar-refractivity contribution >= 4 is 12.1 Å². The molecular formula is C17H25NO7. The van der Waals surface area contributed by atoms with Gasteiger partial charge in [-0.2, -0.15) is 0 Å². The topological polar surface area (TPSA) is 103 Å². The Labute approximate surface area is 147 Å². The Morgan fingerprint density at radius 1 is 1.08 bits per heavy atom. The summed E-state index contributed by atoms with van der Waals surface area (Å²) in [6.07, 6.45) is -0.780. The third-order valence-corrected chi connectivity index (χ3v) is 3.15. The summed E-state index contributed by atoms with van der Waals surface area (Å²) < 4.78 is 20.8. The lowest BCUT2D eigenvalue weighted by Gasteiger charge is -2.22. The SMILES string of the molecule is COc1cc(CC(NC(=O)OC(C)(C)C)C(=O)O)cc(OC)c1OC. The summed E-state index contributed by atoms with van der Waals surface area (Å²) in [5.41, 5.74) is -0.127. The normalized spacial score (nSPS) is 12.1. The highest BCUT2D eigenvalue weighted by atomic mass is 16.6. The summed E-state index contributed by atoms with van der Waals surface area (Å²) in [7, 11) is 4.41. The molecule has 2 N–H and O–H groups in total. The maximum atomic E-state index is 11.8. The number of ether oxygens (including phenoxy) is 4. The molecule has 1 aromatic rings. The van der Waals surface area contributed by atoms with E-state index < -0.39 is 23.7 Å². The van der Waals surface area contributed by atoms with Gasteiger partial charge in [0, 0.05) is 6.42 Å². The number of methoxy groups -OCH3 is 3. The Bertz CT molecular complexity index is 597. The fraction of sp³-hybridized carbons (Fsp3) is 0.529. The number of aliphatic carboxylic acids is 1. The summed E-state index contributed by atoms with van der Waals surface area (Å²) in [6.45, 7) is 5.09. The van der Waals surface area contributed by atoms with Crippen molar-refractivity contribution in [1.82, 2.24) is 5.32 Å². The first-order chi connectivity index (χ1) is 11.6. The van der Waals surface area contributed by atoms with Gasteiger partial charge in [0.1, 0.15) is 11.6 Å². The van der Waals surface area contributed by atoms with Gasteiger partial charge in [-0.3, -0.25) is 0 Å². The van der Waals surface area contributed by atoms with E-state index in [2.05, 4.69) is 5.32 Å². The molecule has 1 atom stereocenters. The summed E-state index contributed by atoms with van der Waals surface area (Å²) >= 11 is 0. The molecule has 0 saturated heterocycles. The van der Waals surface area contributed by atoms with Crippen LogP contribution in [0.4, 0.5) is 4.79 Å². The zero-order chi connectivity index (χ0) is 19.2. The molecule has 0 spiro atoms. The van der Waals surface area contributed by atoms with Gasteiger partial charge in [0.2, 0.25) is 5.75 Å². The highest BCUT2D eigenvalue weighted by Crippen LogP contribution is 2.38. The predicted octanol–water partition coefficient (Wildman–Crippen LogP) is 2.23. The fourth-order valence-corrected chi connectivity index (χ4v) is 2.14. The number of hydrogen-bond donors (Lipinski definition) is 2. The smallest absolute Gasteiger partial charge is 0.408 e. The minimum atomic E-state index is -1.18. The Morgan fingerprint density at radius 2 is 1.60 bits per heavy atom. The standard InChI is InChI=1S/C17H25NO7/c1-17(2,3)25-16(21)18-11(15(19)20)7-10-8-12(22-4)14(24-6)13(9-10)23-5/h8-9,11H,7H2,1-6H3,(H,18,21)(H,19,20). The molecule has 8 nitrogen and oxygen atoms in total. The van der Waals surface area contributed by atoms with E-state index in [0.29, 0.717) is 22.8 Å². The molecule has 0 radical (unpaired) electrons. The average Bonchev–Trinajstić information content (AvgIpc) is 2.51. The van der Waals surface area contributed by atoms with E-state index in [1.807, 2.05) is 0 Å². The predicted molar refractivity (Wildman–Crippen MR) is 90.6 cm³/mol. The van der Waals surface area contributed by atoms with E-state index in [0.717, 1.165) is 0 Å². The lowest BCUT2D eigenvalue weighted by atomic mass is 10.0. The Morgan fingerprint density at radius 3 is 1.96 bits per heavy atom. The van der Waals surface area contributed by atoms with Crippen molar-refractivity contribution in [3.05, 3.63) is 17.7 Å². The van der Waals surface area contributed by atoms with E-state index in [9.17, 15) is 14.7 Å². The van der Waals surface area contributed by atoms with Crippen LogP contribution in [0.15, 0.2) is 12.1 Å². The molecule has 1 amide bonds. The van der Waals surface area contributed by atoms with Crippen molar-refractivity contribution in [3.63, 3.8) is 0 Å². The summed E-state index contributed by atoms with van der Waals surface area (Å²) in [5.74, 6) is 0.0249. The quantitative estimate of drug-likeness (QED) is 0.773. The van der Waals surface area contributed by atoms with Crippen molar-refractivity contribution in [2.45, 2.75) is 38.8 Å². The Kier molecular flexibility index (Phi) is 6.90. The number of carboxylic acids is 1. The molecule has 0 saturated carbocycles. The molecule has 1 unspecified atom stereocenters. The first-order valence-corrected chi connectivity index (χ1v) is 7.62. The summed E-state index contributed by atoms with van der Waals surface area (Å²) in [5, 5.41) is 11.7. The number of hydrogen-bond acceptors (Lipinski definition) is 6. The molecule has 0 aliphatic heterocycles. The van der Waals surface area contributed by atoms with Gasteiger partial charge < -0.3 is 29.4 Å². The lowest BCUT2D eigenvalue weighted by molar-refractivity contribution is -0.139. The largest absolute Gasteiger partial charge is 0.493 e. The van der Waals surface area contributed by atoms with Crippen LogP contribution in [0.5, 0.6) is 17.2 Å². The summed E-state index contributed by atoms with van der Waals surface area (Å²) in [4.78, 5) is 23.3. The number of benzene rings is 1. The van der Waals surface area contributed by atoms with Crippen molar-refractivity contribution in [2.75, 3.05) is 21.3 Å². The molecule has 1 rings (SSSR count). The zero-order valence-electron chi connectivity index (χ0n) is 15.3. The molecule has 0 aliphatic rings. The maximum Gasteiger partial charge on any atom is 0.408 e. The fourth-order valence-electron chi connectivity index (χ4n) is 2.14. The van der Waals surface area contributed by atoms with E-state index in [1.165, 1.54) is 21.3 Å². The number of amides is 1. The van der Waals surface area contributed by atoms with Gasteiger partial charge in [-0.1, -0.05) is 0 Å². The van der Waals surface area contributed by atoms with Crippen LogP contribution < -0.4 is 19.5 Å². The summed E-state index contributed by atoms with van der Waals surface area (Å²) in [6, 6.07) is 2.10. The first-order valence-electron chi connectivity index (χ1n) is 7.62. The third kappa shape index (κ3) is 6.06. The van der Waals surface area contributed by atoms with Gasteiger partial charge >= 0.3 is 12.1 Å². The number of rotatable bonds is 7. The van der Waals surface area contributed by atoms with E-state index in [4.69, 9.17) is 18.9 Å². The van der Waals surface area contributed by atoms with Crippen molar-refractivity contribution in [3.8, 4) is 17.2 Å². The van der Waals surface area contributed by atoms with Gasteiger partial charge in [0.15, 0.2) is 11.5 Å². The Balaban J connectivity index is 3.02. The third-order valence-electron chi connectivity index (χ3n) is 3.15. The zero-order valence-corrected chi connectivity index (χ0v) is 15.3. The van der Waals surface area contributed by atoms with Crippen LogP contribution in [-0.2, 0) is 16.0 Å². The van der Waals surface area contributed by atoms with Gasteiger partial charge in [-0.15, -0.1) is 0 Å². The average molecular weight is 355 g/mol. The number of alkyl carbamates (subject to hydrolysis) is 1. The molecular weight excluding hydrogens is 330 g/mol. The van der Waals surface area contributed by atoms with Gasteiger partial charge in [0.25, 0.3) is 0 Å². The number of nitrogens with one attached hydrogen (secondary N) is 1. The Hall–Kier alpha value is -2.64. The van der Waals surface area contributed by atoms with E-state index >= 15 is 0 Å². The minimum Gasteiger partial charge on any atom is -0.493 e. The van der Waals surface area contributed by atoms with Crippen molar-refractivity contribution < 1.29 is 33.6 Å².